The zero-order valence-corrected chi connectivity index (χ0v) is 12.2. The summed E-state index contributed by atoms with van der Waals surface area (Å²) in [7, 11) is 3.48. The maximum absolute atomic E-state index is 12.2. The number of halogens is 1. The number of carbonyl (C=O) groups excluding carboxylic acids is 1. The lowest BCUT2D eigenvalue weighted by Gasteiger charge is -2.19. The number of Topliss-reactive ketones (excluding diaryl/α,β-unsaturated/α-hetero) is 1. The molecule has 0 radical (unpaired) electrons. The Kier molecular flexibility index (Phi) is 4.64. The van der Waals surface area contributed by atoms with Crippen molar-refractivity contribution in [1.82, 2.24) is 0 Å². The van der Waals surface area contributed by atoms with Gasteiger partial charge in [0.25, 0.3) is 0 Å². The summed E-state index contributed by atoms with van der Waals surface area (Å²) >= 11 is 6.04. The normalized spacial score (nSPS) is 10.2. The number of hydrogen-bond donors (Lipinski definition) is 0. The van der Waals surface area contributed by atoms with Gasteiger partial charge in [0.15, 0.2) is 5.78 Å². The van der Waals surface area contributed by atoms with Crippen LogP contribution in [0.1, 0.15) is 10.4 Å². The number of anilines is 1. The molecule has 0 bridgehead atoms. The summed E-state index contributed by atoms with van der Waals surface area (Å²) in [6.45, 7) is 0.261. The van der Waals surface area contributed by atoms with E-state index in [-0.39, 0.29) is 12.3 Å². The van der Waals surface area contributed by atoms with Gasteiger partial charge in [0.1, 0.15) is 5.75 Å². The van der Waals surface area contributed by atoms with Gasteiger partial charge in [-0.1, -0.05) is 29.8 Å². The smallest absolute Gasteiger partial charge is 0.183 e. The van der Waals surface area contributed by atoms with E-state index in [0.717, 1.165) is 11.4 Å². The molecular weight excluding hydrogens is 274 g/mol. The standard InChI is InChI=1S/C16H16ClNO2/c1-18(12-6-5-7-13(10-12)20-2)11-16(19)14-8-3-4-9-15(14)17/h3-10H,11H2,1-2H3. The Balaban J connectivity index is 2.13. The number of hydrogen-bond acceptors (Lipinski definition) is 3. The second-order valence-electron chi connectivity index (χ2n) is 4.46. The van der Waals surface area contributed by atoms with Crippen LogP contribution in [0.3, 0.4) is 0 Å². The van der Waals surface area contributed by atoms with Gasteiger partial charge in [-0.3, -0.25) is 4.79 Å². The molecule has 0 atom stereocenters. The number of methoxy groups -OCH3 is 1. The van der Waals surface area contributed by atoms with Crippen molar-refractivity contribution in [1.29, 1.82) is 0 Å². The Morgan fingerprint density at radius 3 is 2.65 bits per heavy atom. The van der Waals surface area contributed by atoms with Crippen LogP contribution < -0.4 is 9.64 Å². The zero-order chi connectivity index (χ0) is 14.5. The highest BCUT2D eigenvalue weighted by molar-refractivity contribution is 6.34. The minimum atomic E-state index is -0.0130. The first-order valence-corrected chi connectivity index (χ1v) is 6.62. The fourth-order valence-corrected chi connectivity index (χ4v) is 2.17. The zero-order valence-electron chi connectivity index (χ0n) is 11.5. The van der Waals surface area contributed by atoms with Crippen molar-refractivity contribution < 1.29 is 9.53 Å². The molecule has 0 fully saturated rings. The average Bonchev–Trinajstić information content (AvgIpc) is 2.47. The fourth-order valence-electron chi connectivity index (χ4n) is 1.93. The van der Waals surface area contributed by atoms with Crippen molar-refractivity contribution in [2.75, 3.05) is 25.6 Å². The van der Waals surface area contributed by atoms with Gasteiger partial charge in [-0.2, -0.15) is 0 Å². The van der Waals surface area contributed by atoms with Gasteiger partial charge >= 0.3 is 0 Å². The number of rotatable bonds is 5. The lowest BCUT2D eigenvalue weighted by atomic mass is 10.1. The van der Waals surface area contributed by atoms with E-state index >= 15 is 0 Å². The first kappa shape index (κ1) is 14.4. The third-order valence-corrected chi connectivity index (χ3v) is 3.38. The number of ketones is 1. The lowest BCUT2D eigenvalue weighted by Crippen LogP contribution is -2.25. The second-order valence-corrected chi connectivity index (χ2v) is 4.87. The van der Waals surface area contributed by atoms with E-state index in [2.05, 4.69) is 0 Å². The summed E-state index contributed by atoms with van der Waals surface area (Å²) in [6, 6.07) is 14.7. The minimum absolute atomic E-state index is 0.0130. The van der Waals surface area contributed by atoms with E-state index in [0.29, 0.717) is 10.6 Å². The van der Waals surface area contributed by atoms with E-state index in [1.165, 1.54) is 0 Å². The number of likely N-dealkylation sites (N-methyl/N-ethyl adjacent to an activating group) is 1. The maximum atomic E-state index is 12.2. The molecule has 0 heterocycles. The van der Waals surface area contributed by atoms with Crippen molar-refractivity contribution >= 4 is 23.1 Å². The van der Waals surface area contributed by atoms with Crippen molar-refractivity contribution in [3.63, 3.8) is 0 Å². The molecule has 0 aliphatic carbocycles. The maximum Gasteiger partial charge on any atom is 0.183 e. The summed E-state index contributed by atoms with van der Waals surface area (Å²) in [6.07, 6.45) is 0. The van der Waals surface area contributed by atoms with E-state index in [4.69, 9.17) is 16.3 Å². The third-order valence-electron chi connectivity index (χ3n) is 3.05. The van der Waals surface area contributed by atoms with Crippen LogP contribution in [0.5, 0.6) is 5.75 Å². The second kappa shape index (κ2) is 6.44. The van der Waals surface area contributed by atoms with Crippen molar-refractivity contribution in [3.05, 3.63) is 59.1 Å². The molecule has 0 amide bonds. The molecule has 4 heteroatoms. The highest BCUT2D eigenvalue weighted by atomic mass is 35.5. The lowest BCUT2D eigenvalue weighted by molar-refractivity contribution is 0.100. The van der Waals surface area contributed by atoms with Crippen LogP contribution in [0, 0.1) is 0 Å². The van der Waals surface area contributed by atoms with Gasteiger partial charge in [0, 0.05) is 24.4 Å². The molecular formula is C16H16ClNO2. The molecule has 104 valence electrons. The predicted molar refractivity (Wildman–Crippen MR) is 82.0 cm³/mol. The van der Waals surface area contributed by atoms with Crippen LogP contribution in [0.15, 0.2) is 48.5 Å². The van der Waals surface area contributed by atoms with Crippen LogP contribution in [0.4, 0.5) is 5.69 Å². The van der Waals surface area contributed by atoms with E-state index in [9.17, 15) is 4.79 Å². The SMILES string of the molecule is COc1cccc(N(C)CC(=O)c2ccccc2Cl)c1. The van der Waals surface area contributed by atoms with E-state index in [1.807, 2.05) is 48.3 Å². The highest BCUT2D eigenvalue weighted by Gasteiger charge is 2.13. The summed E-state index contributed by atoms with van der Waals surface area (Å²) < 4.78 is 5.18. The number of benzene rings is 2. The van der Waals surface area contributed by atoms with E-state index in [1.54, 1.807) is 19.2 Å². The van der Waals surface area contributed by atoms with Gasteiger partial charge in [0.05, 0.1) is 18.7 Å². The average molecular weight is 290 g/mol. The van der Waals surface area contributed by atoms with Gasteiger partial charge in [-0.05, 0) is 24.3 Å². The fraction of sp³-hybridized carbons (Fsp3) is 0.188. The molecule has 0 aliphatic rings. The molecule has 0 aromatic heterocycles. The molecule has 2 aromatic rings. The Labute approximate surface area is 123 Å². The molecule has 20 heavy (non-hydrogen) atoms. The van der Waals surface area contributed by atoms with Gasteiger partial charge < -0.3 is 9.64 Å². The van der Waals surface area contributed by atoms with Crippen LogP contribution in [-0.2, 0) is 0 Å². The number of ether oxygens (including phenoxy) is 1. The van der Waals surface area contributed by atoms with Crippen LogP contribution in [0.2, 0.25) is 5.02 Å². The van der Waals surface area contributed by atoms with Crippen molar-refractivity contribution in [2.45, 2.75) is 0 Å². The summed E-state index contributed by atoms with van der Waals surface area (Å²) in [5, 5.41) is 0.483. The van der Waals surface area contributed by atoms with Crippen LogP contribution in [0.25, 0.3) is 0 Å². The quantitative estimate of drug-likeness (QED) is 0.787. The Morgan fingerprint density at radius 2 is 1.95 bits per heavy atom. The molecule has 0 spiro atoms. The Hall–Kier alpha value is -2.00. The monoisotopic (exact) mass is 289 g/mol. The molecule has 0 saturated heterocycles. The Morgan fingerprint density at radius 1 is 1.20 bits per heavy atom. The molecule has 2 rings (SSSR count). The van der Waals surface area contributed by atoms with Crippen LogP contribution >= 0.6 is 11.6 Å². The highest BCUT2D eigenvalue weighted by Crippen LogP contribution is 2.21. The molecule has 0 saturated carbocycles. The van der Waals surface area contributed by atoms with Crippen molar-refractivity contribution in [3.8, 4) is 5.75 Å². The Bertz CT molecular complexity index is 613. The van der Waals surface area contributed by atoms with Gasteiger partial charge in [0.2, 0.25) is 0 Å². The first-order chi connectivity index (χ1) is 9.61. The predicted octanol–water partition coefficient (Wildman–Crippen LogP) is 3.67. The number of nitrogens with zero attached hydrogens (tertiary/aromatic N) is 1. The topological polar surface area (TPSA) is 29.5 Å². The van der Waals surface area contributed by atoms with Gasteiger partial charge in [-0.15, -0.1) is 0 Å². The summed E-state index contributed by atoms with van der Waals surface area (Å²) in [5.41, 5.74) is 1.47. The van der Waals surface area contributed by atoms with Gasteiger partial charge in [-0.25, -0.2) is 0 Å². The molecule has 0 N–H and O–H groups in total. The van der Waals surface area contributed by atoms with Crippen LogP contribution in [-0.4, -0.2) is 26.5 Å². The summed E-state index contributed by atoms with van der Waals surface area (Å²) in [5.74, 6) is 0.750. The molecule has 3 nitrogen and oxygen atoms in total. The minimum Gasteiger partial charge on any atom is -0.497 e. The molecule has 0 aliphatic heterocycles. The first-order valence-electron chi connectivity index (χ1n) is 6.24. The number of carbonyl (C=O) groups is 1. The molecule has 0 unspecified atom stereocenters. The molecule has 2 aromatic carbocycles. The largest absolute Gasteiger partial charge is 0.497 e. The third kappa shape index (κ3) is 3.31. The summed E-state index contributed by atoms with van der Waals surface area (Å²) in [4.78, 5) is 14.1. The van der Waals surface area contributed by atoms with Crippen molar-refractivity contribution in [2.24, 2.45) is 0 Å². The van der Waals surface area contributed by atoms with E-state index < -0.39 is 0 Å².